The van der Waals surface area contributed by atoms with E-state index in [0.717, 1.165) is 5.56 Å². The number of carbonyl (C=O) groups is 2. The van der Waals surface area contributed by atoms with Crippen LogP contribution in [-0.4, -0.2) is 23.4 Å². The molecule has 3 rings (SSSR count). The average molecular weight is 419 g/mol. The second-order valence-corrected chi connectivity index (χ2v) is 7.15. The third kappa shape index (κ3) is 3.90. The number of cyclic esters (lactones) is 1. The van der Waals surface area contributed by atoms with Gasteiger partial charge in [0.2, 0.25) is 0 Å². The first kappa shape index (κ1) is 18.5. The molecule has 0 N–H and O–H groups in total. The van der Waals surface area contributed by atoms with E-state index in [9.17, 15) is 9.59 Å². The molecule has 0 aliphatic carbocycles. The van der Waals surface area contributed by atoms with Crippen molar-refractivity contribution >= 4 is 27.7 Å². The zero-order valence-electron chi connectivity index (χ0n) is 14.5. The monoisotopic (exact) mass is 418 g/mol. The summed E-state index contributed by atoms with van der Waals surface area (Å²) in [4.78, 5) is 24.9. The summed E-state index contributed by atoms with van der Waals surface area (Å²) in [6.07, 6.45) is -0.540. The van der Waals surface area contributed by atoms with Crippen LogP contribution in [0.25, 0.3) is 0 Å². The van der Waals surface area contributed by atoms with Crippen LogP contribution in [0.2, 0.25) is 0 Å². The van der Waals surface area contributed by atoms with E-state index in [1.54, 1.807) is 30.3 Å². The highest BCUT2D eigenvalue weighted by Crippen LogP contribution is 2.35. The molecule has 0 saturated heterocycles. The van der Waals surface area contributed by atoms with Gasteiger partial charge in [-0.2, -0.15) is 0 Å². The molecule has 0 radical (unpaired) electrons. The van der Waals surface area contributed by atoms with E-state index >= 15 is 0 Å². The van der Waals surface area contributed by atoms with E-state index in [4.69, 9.17) is 14.2 Å². The van der Waals surface area contributed by atoms with E-state index in [1.165, 1.54) is 0 Å². The van der Waals surface area contributed by atoms with Crippen molar-refractivity contribution in [1.82, 2.24) is 0 Å². The molecule has 0 amide bonds. The lowest BCUT2D eigenvalue weighted by atomic mass is 9.98. The number of Topliss-reactive ketones (excluding diaryl/α,β-unsaturated/α-hetero) is 1. The van der Waals surface area contributed by atoms with Gasteiger partial charge in [0.05, 0.1) is 24.2 Å². The second-order valence-electron chi connectivity index (χ2n) is 5.86. The number of fused-ring (bicyclic) bond motifs is 1. The van der Waals surface area contributed by atoms with Crippen LogP contribution < -0.4 is 9.47 Å². The Hall–Kier alpha value is -2.34. The third-order valence-corrected chi connectivity index (χ3v) is 4.19. The lowest BCUT2D eigenvalue weighted by molar-refractivity contribution is 0.0367. The second kappa shape index (κ2) is 7.91. The predicted molar refractivity (Wildman–Crippen MR) is 100 cm³/mol. The lowest BCUT2D eigenvalue weighted by Crippen LogP contribution is -2.12. The van der Waals surface area contributed by atoms with Crippen LogP contribution in [-0.2, 0) is 4.74 Å². The van der Waals surface area contributed by atoms with Crippen LogP contribution in [0, 0.1) is 0 Å². The first-order valence-electron chi connectivity index (χ1n) is 8.40. The normalized spacial score (nSPS) is 16.6. The zero-order valence-corrected chi connectivity index (χ0v) is 16.1. The summed E-state index contributed by atoms with van der Waals surface area (Å²) in [5.41, 5.74) is 1.66. The molecule has 2 atom stereocenters. The number of ether oxygens (including phenoxy) is 3. The van der Waals surface area contributed by atoms with Crippen molar-refractivity contribution in [2.75, 3.05) is 6.61 Å². The molecule has 0 saturated carbocycles. The Balaban J connectivity index is 1.87. The minimum atomic E-state index is -0.587. The van der Waals surface area contributed by atoms with Gasteiger partial charge in [-0.15, -0.1) is 0 Å². The molecule has 26 heavy (non-hydrogen) atoms. The molecule has 136 valence electrons. The van der Waals surface area contributed by atoms with Crippen molar-refractivity contribution in [3.8, 4) is 11.5 Å². The fourth-order valence-corrected chi connectivity index (χ4v) is 3.11. The van der Waals surface area contributed by atoms with E-state index < -0.39 is 12.1 Å². The number of rotatable bonds is 7. The summed E-state index contributed by atoms with van der Waals surface area (Å²) in [6.45, 7) is 4.19. The SMILES string of the molecule is CCOc1ccc(OC(C)Br)c(C(=O)CC2OC(=O)c3ccccc32)c1. The van der Waals surface area contributed by atoms with Crippen molar-refractivity contribution in [3.05, 3.63) is 59.2 Å². The summed E-state index contributed by atoms with van der Waals surface area (Å²) in [7, 11) is 0. The van der Waals surface area contributed by atoms with E-state index in [2.05, 4.69) is 15.9 Å². The molecule has 5 nitrogen and oxygen atoms in total. The fraction of sp³-hybridized carbons (Fsp3) is 0.300. The Morgan fingerprint density at radius 3 is 2.77 bits per heavy atom. The molecule has 2 aromatic rings. The molecular weight excluding hydrogens is 400 g/mol. The van der Waals surface area contributed by atoms with Crippen molar-refractivity contribution in [1.29, 1.82) is 0 Å². The summed E-state index contributed by atoms with van der Waals surface area (Å²) in [5.74, 6) is 0.478. The van der Waals surface area contributed by atoms with E-state index in [-0.39, 0.29) is 17.2 Å². The van der Waals surface area contributed by atoms with Gasteiger partial charge in [-0.25, -0.2) is 4.79 Å². The number of halogens is 1. The number of esters is 1. The maximum Gasteiger partial charge on any atom is 0.339 e. The third-order valence-electron chi connectivity index (χ3n) is 4.00. The molecule has 6 heteroatoms. The molecular formula is C20H19BrO5. The molecule has 0 spiro atoms. The van der Waals surface area contributed by atoms with Gasteiger partial charge in [-0.05, 0) is 54.0 Å². The fourth-order valence-electron chi connectivity index (χ4n) is 2.91. The Morgan fingerprint density at radius 2 is 2.04 bits per heavy atom. The standard InChI is InChI=1S/C20H19BrO5/c1-3-24-13-8-9-18(25-12(2)21)16(10-13)17(22)11-19-14-6-4-5-7-15(14)20(23)26-19/h4-10,12,19H,3,11H2,1-2H3. The van der Waals surface area contributed by atoms with E-state index in [1.807, 2.05) is 26.0 Å². The van der Waals surface area contributed by atoms with Gasteiger partial charge in [0.15, 0.2) is 10.8 Å². The largest absolute Gasteiger partial charge is 0.494 e. The number of ketones is 1. The number of carbonyl (C=O) groups excluding carboxylic acids is 2. The predicted octanol–water partition coefficient (Wildman–Crippen LogP) is 4.69. The van der Waals surface area contributed by atoms with Gasteiger partial charge in [-0.3, -0.25) is 4.79 Å². The number of hydrogen-bond donors (Lipinski definition) is 0. The van der Waals surface area contributed by atoms with Crippen molar-refractivity contribution in [2.45, 2.75) is 31.4 Å². The first-order valence-corrected chi connectivity index (χ1v) is 9.31. The van der Waals surface area contributed by atoms with Crippen LogP contribution in [0.5, 0.6) is 11.5 Å². The van der Waals surface area contributed by atoms with Gasteiger partial charge in [0.1, 0.15) is 17.6 Å². The minimum Gasteiger partial charge on any atom is -0.494 e. The van der Waals surface area contributed by atoms with Gasteiger partial charge >= 0.3 is 5.97 Å². The molecule has 1 aliphatic rings. The molecule has 0 bridgehead atoms. The Morgan fingerprint density at radius 1 is 1.27 bits per heavy atom. The summed E-state index contributed by atoms with van der Waals surface area (Å²) in [5, 5.41) is -0.253. The highest BCUT2D eigenvalue weighted by atomic mass is 79.9. The smallest absolute Gasteiger partial charge is 0.339 e. The summed E-state index contributed by atoms with van der Waals surface area (Å²) >= 11 is 3.33. The van der Waals surface area contributed by atoms with Gasteiger partial charge in [-0.1, -0.05) is 18.2 Å². The quantitative estimate of drug-likeness (QED) is 0.370. The number of hydrogen-bond acceptors (Lipinski definition) is 5. The van der Waals surface area contributed by atoms with Gasteiger partial charge in [0, 0.05) is 5.56 Å². The van der Waals surface area contributed by atoms with Crippen molar-refractivity contribution < 1.29 is 23.8 Å². The Labute approximate surface area is 160 Å². The highest BCUT2D eigenvalue weighted by Gasteiger charge is 2.33. The summed E-state index contributed by atoms with van der Waals surface area (Å²) in [6, 6.07) is 12.3. The molecule has 2 unspecified atom stereocenters. The number of alkyl halides is 1. The Kier molecular flexibility index (Phi) is 5.61. The molecule has 1 heterocycles. The highest BCUT2D eigenvalue weighted by molar-refractivity contribution is 9.09. The van der Waals surface area contributed by atoms with Crippen LogP contribution in [0.4, 0.5) is 0 Å². The van der Waals surface area contributed by atoms with Crippen molar-refractivity contribution in [3.63, 3.8) is 0 Å². The maximum absolute atomic E-state index is 12.9. The van der Waals surface area contributed by atoms with Gasteiger partial charge < -0.3 is 14.2 Å². The Bertz CT molecular complexity index is 831. The topological polar surface area (TPSA) is 61.8 Å². The molecule has 2 aromatic carbocycles. The number of benzene rings is 2. The average Bonchev–Trinajstić information content (AvgIpc) is 2.92. The maximum atomic E-state index is 12.9. The lowest BCUT2D eigenvalue weighted by Gasteiger charge is -2.16. The van der Waals surface area contributed by atoms with E-state index in [0.29, 0.717) is 29.2 Å². The van der Waals surface area contributed by atoms with Crippen LogP contribution in [0.15, 0.2) is 42.5 Å². The van der Waals surface area contributed by atoms with Crippen LogP contribution >= 0.6 is 15.9 Å². The molecule has 1 aliphatic heterocycles. The first-order chi connectivity index (χ1) is 12.5. The van der Waals surface area contributed by atoms with Crippen molar-refractivity contribution in [2.24, 2.45) is 0 Å². The minimum absolute atomic E-state index is 0.0470. The zero-order chi connectivity index (χ0) is 18.7. The van der Waals surface area contributed by atoms with Gasteiger partial charge in [0.25, 0.3) is 0 Å². The molecule has 0 fully saturated rings. The summed E-state index contributed by atoms with van der Waals surface area (Å²) < 4.78 is 16.6. The van der Waals surface area contributed by atoms with Crippen LogP contribution in [0.3, 0.4) is 0 Å². The van der Waals surface area contributed by atoms with Crippen LogP contribution in [0.1, 0.15) is 52.7 Å². The molecule has 0 aromatic heterocycles.